The maximum absolute atomic E-state index is 12.6. The highest BCUT2D eigenvalue weighted by Gasteiger charge is 2.18. The van der Waals surface area contributed by atoms with Gasteiger partial charge in [0.2, 0.25) is 5.91 Å². The Hall–Kier alpha value is -1.66. The minimum absolute atomic E-state index is 0.0212. The van der Waals surface area contributed by atoms with Crippen LogP contribution in [0.3, 0.4) is 0 Å². The molecule has 0 aliphatic heterocycles. The molecule has 0 aromatic carbocycles. The summed E-state index contributed by atoms with van der Waals surface area (Å²) in [4.78, 5) is 24.7. The number of rotatable bonds is 79. The Bertz CT molecular complexity index is 1410. The molecule has 1 amide bonds. The summed E-state index contributed by atoms with van der Waals surface area (Å²) in [6.45, 7) is 4.96. The van der Waals surface area contributed by atoms with E-state index in [0.29, 0.717) is 19.4 Å². The summed E-state index contributed by atoms with van der Waals surface area (Å²) in [5.74, 6) is -0.0371. The van der Waals surface area contributed by atoms with E-state index < -0.39 is 12.1 Å². The van der Waals surface area contributed by atoms with Crippen molar-refractivity contribution in [2.75, 3.05) is 13.2 Å². The van der Waals surface area contributed by atoms with Gasteiger partial charge in [0.25, 0.3) is 0 Å². The van der Waals surface area contributed by atoms with Gasteiger partial charge in [0, 0.05) is 12.8 Å². The molecule has 6 nitrogen and oxygen atoms in total. The molecule has 0 radical (unpaired) electrons. The Labute approximate surface area is 564 Å². The average Bonchev–Trinajstić information content (AvgIpc) is 3.59. The Balaban J connectivity index is 3.34. The van der Waals surface area contributed by atoms with E-state index in [1.807, 2.05) is 6.08 Å². The van der Waals surface area contributed by atoms with E-state index >= 15 is 0 Å². The maximum atomic E-state index is 12.6. The second kappa shape index (κ2) is 79.8. The maximum Gasteiger partial charge on any atom is 0.305 e. The molecule has 90 heavy (non-hydrogen) atoms. The third kappa shape index (κ3) is 75.4. The molecule has 0 saturated carbocycles. The molecule has 0 heterocycles. The van der Waals surface area contributed by atoms with Gasteiger partial charge in [-0.2, -0.15) is 0 Å². The van der Waals surface area contributed by atoms with Gasteiger partial charge in [0.05, 0.1) is 25.4 Å². The van der Waals surface area contributed by atoms with Gasteiger partial charge < -0.3 is 20.3 Å². The van der Waals surface area contributed by atoms with Gasteiger partial charge in [-0.25, -0.2) is 0 Å². The number of allylic oxidation sites excluding steroid dienone is 3. The lowest BCUT2D eigenvalue weighted by Gasteiger charge is -2.20. The van der Waals surface area contributed by atoms with E-state index in [-0.39, 0.29) is 18.5 Å². The molecule has 2 atom stereocenters. The van der Waals surface area contributed by atoms with Crippen molar-refractivity contribution in [3.05, 3.63) is 24.3 Å². The van der Waals surface area contributed by atoms with E-state index in [2.05, 4.69) is 31.3 Å². The lowest BCUT2D eigenvalue weighted by molar-refractivity contribution is -0.143. The molecule has 2 unspecified atom stereocenters. The fourth-order valence-corrected chi connectivity index (χ4v) is 13.4. The van der Waals surface area contributed by atoms with Crippen LogP contribution in [0.15, 0.2) is 24.3 Å². The lowest BCUT2D eigenvalue weighted by atomic mass is 10.0. The number of ether oxygens (including phenoxy) is 1. The van der Waals surface area contributed by atoms with Crippen molar-refractivity contribution in [3.63, 3.8) is 0 Å². The SMILES string of the molecule is CCCCCCCC/C=C\CCCCCCCCCCCC(=O)OCCCCCCCCCCCCCCCCCCCCCCCCCCCCCCCCCC(=O)NC(CO)C(O)/C=C/CCCCCCCCCCCCCCCCCCCCCCC. The summed E-state index contributed by atoms with van der Waals surface area (Å²) in [6, 6.07) is -0.626. The lowest BCUT2D eigenvalue weighted by Crippen LogP contribution is -2.45. The standard InChI is InChI=1S/C84H163NO5/c1-3-5-7-9-11-13-15-17-19-21-23-24-34-37-41-44-48-52-56-60-64-68-72-76-82(87)81(80-86)85-83(88)77-73-69-65-61-57-53-49-45-42-38-35-32-30-28-26-25-27-29-31-33-36-39-43-47-51-55-59-63-67-71-75-79-90-84(89)78-74-70-66-62-58-54-50-46-40-22-20-18-16-14-12-10-8-6-4-2/h18,20,72,76,81-82,86-87H,3-17,19,21-71,73-75,77-80H2,1-2H3,(H,85,88)/b20-18-,76-72+. The van der Waals surface area contributed by atoms with Crippen LogP contribution < -0.4 is 5.32 Å². The van der Waals surface area contributed by atoms with Crippen LogP contribution in [0.25, 0.3) is 0 Å². The van der Waals surface area contributed by atoms with E-state index in [9.17, 15) is 19.8 Å². The number of esters is 1. The first kappa shape index (κ1) is 88.3. The normalized spacial score (nSPS) is 12.5. The quantitative estimate of drug-likeness (QED) is 0.0320. The van der Waals surface area contributed by atoms with Crippen LogP contribution in [-0.4, -0.2) is 47.4 Å². The van der Waals surface area contributed by atoms with Crippen LogP contribution in [0.1, 0.15) is 476 Å². The van der Waals surface area contributed by atoms with Crippen molar-refractivity contribution in [1.82, 2.24) is 5.32 Å². The van der Waals surface area contributed by atoms with Crippen molar-refractivity contribution in [2.45, 2.75) is 488 Å². The second-order valence-electron chi connectivity index (χ2n) is 28.8. The number of nitrogens with one attached hydrogen (secondary N) is 1. The zero-order valence-corrected chi connectivity index (χ0v) is 61.4. The molecule has 0 aliphatic rings. The molecule has 0 bridgehead atoms. The van der Waals surface area contributed by atoms with Gasteiger partial charge in [-0.05, 0) is 57.8 Å². The third-order valence-corrected chi connectivity index (χ3v) is 19.7. The van der Waals surface area contributed by atoms with Crippen LogP contribution in [0.2, 0.25) is 0 Å². The number of hydrogen-bond donors (Lipinski definition) is 3. The minimum Gasteiger partial charge on any atom is -0.466 e. The van der Waals surface area contributed by atoms with Gasteiger partial charge in [-0.1, -0.05) is 430 Å². The Morgan fingerprint density at radius 1 is 0.300 bits per heavy atom. The number of aliphatic hydroxyl groups excluding tert-OH is 2. The summed E-state index contributed by atoms with van der Waals surface area (Å²) >= 11 is 0. The highest BCUT2D eigenvalue weighted by molar-refractivity contribution is 5.76. The molecule has 6 heteroatoms. The molecule has 0 aromatic rings. The van der Waals surface area contributed by atoms with Crippen LogP contribution in [0, 0.1) is 0 Å². The van der Waals surface area contributed by atoms with Crippen LogP contribution >= 0.6 is 0 Å². The summed E-state index contributed by atoms with van der Waals surface area (Å²) in [7, 11) is 0. The van der Waals surface area contributed by atoms with Crippen molar-refractivity contribution in [1.29, 1.82) is 0 Å². The highest BCUT2D eigenvalue weighted by Crippen LogP contribution is 2.20. The number of hydrogen-bond acceptors (Lipinski definition) is 5. The Morgan fingerprint density at radius 3 is 0.789 bits per heavy atom. The Kier molecular flexibility index (Phi) is 78.3. The molecule has 0 aliphatic carbocycles. The summed E-state index contributed by atoms with van der Waals surface area (Å²) in [6.07, 6.45) is 103. The van der Waals surface area contributed by atoms with Crippen molar-refractivity contribution in [2.24, 2.45) is 0 Å². The largest absolute Gasteiger partial charge is 0.466 e. The monoisotopic (exact) mass is 1270 g/mol. The molecular formula is C84H163NO5. The number of aliphatic hydroxyl groups is 2. The minimum atomic E-state index is -0.843. The molecule has 0 saturated heterocycles. The van der Waals surface area contributed by atoms with Gasteiger partial charge in [-0.3, -0.25) is 9.59 Å². The zero-order chi connectivity index (χ0) is 64.9. The summed E-state index contributed by atoms with van der Waals surface area (Å²) in [5, 5.41) is 23.3. The molecule has 3 N–H and O–H groups in total. The van der Waals surface area contributed by atoms with Crippen molar-refractivity contribution < 1.29 is 24.5 Å². The highest BCUT2D eigenvalue weighted by atomic mass is 16.5. The van der Waals surface area contributed by atoms with Gasteiger partial charge in [0.15, 0.2) is 0 Å². The molecular weight excluding hydrogens is 1100 g/mol. The second-order valence-corrected chi connectivity index (χ2v) is 28.8. The van der Waals surface area contributed by atoms with Gasteiger partial charge in [-0.15, -0.1) is 0 Å². The average molecular weight is 1270 g/mol. The van der Waals surface area contributed by atoms with Crippen molar-refractivity contribution >= 4 is 11.9 Å². The van der Waals surface area contributed by atoms with Crippen molar-refractivity contribution in [3.8, 4) is 0 Å². The fourth-order valence-electron chi connectivity index (χ4n) is 13.4. The first-order valence-corrected chi connectivity index (χ1v) is 41.6. The first-order valence-electron chi connectivity index (χ1n) is 41.6. The molecule has 534 valence electrons. The van der Waals surface area contributed by atoms with E-state index in [1.54, 1.807) is 6.08 Å². The van der Waals surface area contributed by atoms with E-state index in [0.717, 1.165) is 38.5 Å². The van der Waals surface area contributed by atoms with Gasteiger partial charge >= 0.3 is 5.97 Å². The first-order chi connectivity index (χ1) is 44.5. The summed E-state index contributed by atoms with van der Waals surface area (Å²) in [5.41, 5.74) is 0. The number of carbonyl (C=O) groups is 2. The van der Waals surface area contributed by atoms with Crippen LogP contribution in [0.5, 0.6) is 0 Å². The third-order valence-electron chi connectivity index (χ3n) is 19.7. The molecule has 0 rings (SSSR count). The number of carbonyl (C=O) groups excluding carboxylic acids is 2. The molecule has 0 fully saturated rings. The van der Waals surface area contributed by atoms with Crippen LogP contribution in [-0.2, 0) is 14.3 Å². The zero-order valence-electron chi connectivity index (χ0n) is 61.4. The van der Waals surface area contributed by atoms with Gasteiger partial charge in [0.1, 0.15) is 0 Å². The predicted octanol–water partition coefficient (Wildman–Crippen LogP) is 27.6. The van der Waals surface area contributed by atoms with E-state index in [4.69, 9.17) is 4.74 Å². The molecule has 0 spiro atoms. The topological polar surface area (TPSA) is 95.9 Å². The smallest absolute Gasteiger partial charge is 0.305 e. The predicted molar refractivity (Wildman–Crippen MR) is 398 cm³/mol. The van der Waals surface area contributed by atoms with E-state index in [1.165, 1.54) is 411 Å². The number of unbranched alkanes of at least 4 members (excludes halogenated alkanes) is 66. The Morgan fingerprint density at radius 2 is 0.522 bits per heavy atom. The number of amides is 1. The fraction of sp³-hybridized carbons (Fsp3) is 0.929. The molecule has 0 aromatic heterocycles. The summed E-state index contributed by atoms with van der Waals surface area (Å²) < 4.78 is 5.52. The van der Waals surface area contributed by atoms with Crippen LogP contribution in [0.4, 0.5) is 0 Å².